The monoisotopic (exact) mass is 98.1 g/mol. The van der Waals surface area contributed by atoms with Crippen LogP contribution in [0.25, 0.3) is 0 Å². The van der Waals surface area contributed by atoms with Crippen molar-refractivity contribution >= 4 is 0 Å². The van der Waals surface area contributed by atoms with Crippen molar-refractivity contribution in [1.29, 1.82) is 0 Å². The van der Waals surface area contributed by atoms with Gasteiger partial charge in [-0.1, -0.05) is 5.92 Å². The maximum atomic E-state index is 5.39. The summed E-state index contributed by atoms with van der Waals surface area (Å²) in [6, 6.07) is 2.23. The first-order valence-corrected chi connectivity index (χ1v) is 2.08. The Bertz CT molecular complexity index is 99.5. The molecule has 2 heteroatoms. The van der Waals surface area contributed by atoms with Gasteiger partial charge in [0.2, 0.25) is 0 Å². The summed E-state index contributed by atoms with van der Waals surface area (Å²) >= 11 is 0. The zero-order chi connectivity index (χ0) is 5.91. The Morgan fingerprint density at radius 2 is 1.86 bits per heavy atom. The minimum absolute atomic E-state index is 0.436. The van der Waals surface area contributed by atoms with Crippen molar-refractivity contribution in [1.82, 2.24) is 0 Å². The third kappa shape index (κ3) is 5.32. The van der Waals surface area contributed by atoms with Crippen LogP contribution in [0.2, 0.25) is 0 Å². The van der Waals surface area contributed by atoms with E-state index in [0.717, 1.165) is 0 Å². The van der Waals surface area contributed by atoms with E-state index < -0.39 is 5.54 Å². The Morgan fingerprint density at radius 3 is 1.86 bits per heavy atom. The van der Waals surface area contributed by atoms with E-state index in [9.17, 15) is 0 Å². The first-order chi connectivity index (χ1) is 3.06. The first kappa shape index (κ1) is 6.32. The molecule has 0 aromatic rings. The van der Waals surface area contributed by atoms with Gasteiger partial charge in [-0.25, -0.2) is 0 Å². The van der Waals surface area contributed by atoms with Crippen LogP contribution >= 0.6 is 0 Å². The zero-order valence-corrected chi connectivity index (χ0v) is 4.65. The lowest BCUT2D eigenvalue weighted by atomic mass is 10.1. The van der Waals surface area contributed by atoms with Crippen LogP contribution in [0.3, 0.4) is 0 Å². The molecule has 0 aromatic heterocycles. The molecule has 0 aliphatic rings. The van der Waals surface area contributed by atoms with Crippen molar-refractivity contribution in [2.24, 2.45) is 11.5 Å². The minimum atomic E-state index is -0.436. The van der Waals surface area contributed by atoms with Gasteiger partial charge in [-0.15, -0.1) is 0 Å². The number of hydrogen-bond acceptors (Lipinski definition) is 2. The van der Waals surface area contributed by atoms with Gasteiger partial charge >= 0.3 is 0 Å². The summed E-state index contributed by atoms with van der Waals surface area (Å²) < 4.78 is 0. The van der Waals surface area contributed by atoms with Gasteiger partial charge in [-0.3, -0.25) is 0 Å². The first-order valence-electron chi connectivity index (χ1n) is 2.08. The van der Waals surface area contributed by atoms with Crippen molar-refractivity contribution < 1.29 is 0 Å². The molecular weight excluding hydrogens is 88.1 g/mol. The Morgan fingerprint density at radius 1 is 1.43 bits per heavy atom. The van der Waals surface area contributed by atoms with Crippen LogP contribution in [0, 0.1) is 12.0 Å². The molecule has 0 saturated heterocycles. The van der Waals surface area contributed by atoms with E-state index in [4.69, 9.17) is 11.5 Å². The summed E-state index contributed by atoms with van der Waals surface area (Å²) in [6.45, 7) is 3.60. The number of rotatable bonds is 0. The molecule has 0 aliphatic carbocycles. The summed E-state index contributed by atoms with van der Waals surface area (Å²) in [5, 5.41) is 0. The third-order valence-corrected chi connectivity index (χ3v) is 0.394. The molecule has 7 heavy (non-hydrogen) atoms. The molecule has 0 unspecified atom stereocenters. The molecule has 40 valence electrons. The highest BCUT2D eigenvalue weighted by Crippen LogP contribution is 1.89. The molecule has 0 fully saturated rings. The maximum Gasteiger partial charge on any atom is 0.0737 e. The Balaban J connectivity index is 3.72. The summed E-state index contributed by atoms with van der Waals surface area (Å²) in [4.78, 5) is 0. The van der Waals surface area contributed by atoms with Gasteiger partial charge in [-0.05, 0) is 13.8 Å². The van der Waals surface area contributed by atoms with Crippen molar-refractivity contribution in [3.63, 3.8) is 0 Å². The van der Waals surface area contributed by atoms with Crippen LogP contribution < -0.4 is 11.5 Å². The van der Waals surface area contributed by atoms with Gasteiger partial charge in [0.15, 0.2) is 0 Å². The maximum absolute atomic E-state index is 5.39. The van der Waals surface area contributed by atoms with Crippen molar-refractivity contribution in [2.45, 2.75) is 19.4 Å². The summed E-state index contributed by atoms with van der Waals surface area (Å²) in [5.41, 5.74) is 9.83. The van der Waals surface area contributed by atoms with Crippen LogP contribution in [0.1, 0.15) is 13.8 Å². The van der Waals surface area contributed by atoms with Crippen LogP contribution in [0.15, 0.2) is 0 Å². The Labute approximate surface area is 43.9 Å². The number of nitrogens with two attached hydrogens (primary N) is 2. The quantitative estimate of drug-likeness (QED) is 0.321. The molecule has 0 heterocycles. The van der Waals surface area contributed by atoms with Gasteiger partial charge in [0.1, 0.15) is 0 Å². The molecule has 0 spiro atoms. The van der Waals surface area contributed by atoms with Crippen molar-refractivity contribution in [2.75, 3.05) is 0 Å². The fourth-order valence-electron chi connectivity index (χ4n) is 0.186. The standard InChI is InChI=1S/C5H10N2/c1-5(2,7)3-4-6/h6-7H2,1-2H3. The Kier molecular flexibility index (Phi) is 1.67. The number of hydrogen-bond donors (Lipinski definition) is 2. The van der Waals surface area contributed by atoms with Crippen LogP contribution in [0.5, 0.6) is 0 Å². The second-order valence-electron chi connectivity index (χ2n) is 1.99. The molecule has 0 atom stereocenters. The van der Waals surface area contributed by atoms with E-state index in [-0.39, 0.29) is 0 Å². The lowest BCUT2D eigenvalue weighted by Gasteiger charge is -2.05. The van der Waals surface area contributed by atoms with Crippen molar-refractivity contribution in [3.8, 4) is 12.0 Å². The molecular formula is C5H10N2. The second-order valence-corrected chi connectivity index (χ2v) is 1.99. The van der Waals surface area contributed by atoms with E-state index in [1.165, 1.54) is 0 Å². The van der Waals surface area contributed by atoms with E-state index >= 15 is 0 Å². The van der Waals surface area contributed by atoms with Crippen molar-refractivity contribution in [3.05, 3.63) is 0 Å². The highest BCUT2D eigenvalue weighted by atomic mass is 14.7. The SMILES string of the molecule is CC(C)(N)C#CN. The molecule has 0 aromatic carbocycles. The third-order valence-electron chi connectivity index (χ3n) is 0.394. The van der Waals surface area contributed by atoms with E-state index in [2.05, 4.69) is 12.0 Å². The average molecular weight is 98.1 g/mol. The second kappa shape index (κ2) is 1.85. The lowest BCUT2D eigenvalue weighted by molar-refractivity contribution is 0.680. The van der Waals surface area contributed by atoms with Gasteiger partial charge in [0, 0.05) is 6.04 Å². The smallest absolute Gasteiger partial charge is 0.0737 e. The molecule has 4 N–H and O–H groups in total. The van der Waals surface area contributed by atoms with Crippen LogP contribution in [-0.4, -0.2) is 5.54 Å². The average Bonchev–Trinajstić information content (AvgIpc) is 1.30. The van der Waals surface area contributed by atoms with Crippen LogP contribution in [-0.2, 0) is 0 Å². The van der Waals surface area contributed by atoms with E-state index in [1.807, 2.05) is 0 Å². The highest BCUT2D eigenvalue weighted by molar-refractivity contribution is 5.09. The molecule has 0 bridgehead atoms. The molecule has 0 radical (unpaired) electrons. The lowest BCUT2D eigenvalue weighted by Crippen LogP contribution is -2.29. The van der Waals surface area contributed by atoms with E-state index in [0.29, 0.717) is 0 Å². The molecule has 0 rings (SSSR count). The fraction of sp³-hybridized carbons (Fsp3) is 0.600. The zero-order valence-electron chi connectivity index (χ0n) is 4.65. The molecule has 0 saturated carbocycles. The van der Waals surface area contributed by atoms with Gasteiger partial charge in [0.05, 0.1) is 5.54 Å². The van der Waals surface area contributed by atoms with Gasteiger partial charge < -0.3 is 11.5 Å². The molecule has 0 amide bonds. The highest BCUT2D eigenvalue weighted by Gasteiger charge is 2.02. The summed E-state index contributed by atoms with van der Waals surface area (Å²) in [7, 11) is 0. The fourth-order valence-corrected chi connectivity index (χ4v) is 0.186. The topological polar surface area (TPSA) is 52.0 Å². The largest absolute Gasteiger partial charge is 0.359 e. The predicted molar refractivity (Wildman–Crippen MR) is 30.2 cm³/mol. The van der Waals surface area contributed by atoms with E-state index in [1.54, 1.807) is 13.8 Å². The summed E-state index contributed by atoms with van der Waals surface area (Å²) in [5.74, 6) is 2.59. The molecule has 0 aliphatic heterocycles. The molecule has 2 nitrogen and oxygen atoms in total. The minimum Gasteiger partial charge on any atom is -0.359 e. The van der Waals surface area contributed by atoms with Gasteiger partial charge in [0.25, 0.3) is 0 Å². The summed E-state index contributed by atoms with van der Waals surface area (Å²) in [6.07, 6.45) is 0. The Hall–Kier alpha value is -0.680. The van der Waals surface area contributed by atoms with Gasteiger partial charge in [-0.2, -0.15) is 0 Å². The predicted octanol–water partition coefficient (Wildman–Crippen LogP) is -0.357. The normalized spacial score (nSPS) is 9.57. The van der Waals surface area contributed by atoms with Crippen LogP contribution in [0.4, 0.5) is 0 Å².